The number of H-pyrrole nitrogens is 1. The van der Waals surface area contributed by atoms with Crippen LogP contribution < -0.4 is 5.32 Å². The maximum absolute atomic E-state index is 13.4. The van der Waals surface area contributed by atoms with Crippen LogP contribution in [0.5, 0.6) is 0 Å². The van der Waals surface area contributed by atoms with E-state index >= 15 is 0 Å². The Hall–Kier alpha value is -2.80. The van der Waals surface area contributed by atoms with Gasteiger partial charge < -0.3 is 15.0 Å². The Labute approximate surface area is 150 Å². The summed E-state index contributed by atoms with van der Waals surface area (Å²) in [7, 11) is 0. The first-order valence-corrected chi connectivity index (χ1v) is 8.50. The van der Waals surface area contributed by atoms with Gasteiger partial charge in [0.1, 0.15) is 23.1 Å². The topological polar surface area (TPSA) is 79.9 Å². The quantitative estimate of drug-likeness (QED) is 0.704. The number of carbonyl (C=O) groups excluding carboxylic acids is 1. The SMILES string of the molecule is CCCOC(C(=O)Nc1nc(C)nc2[nH]ccc12)c1ccc(F)cc1C. The lowest BCUT2D eigenvalue weighted by Crippen LogP contribution is -2.25. The molecule has 3 aromatic rings. The fourth-order valence-corrected chi connectivity index (χ4v) is 2.81. The zero-order valence-corrected chi connectivity index (χ0v) is 15.0. The normalized spacial score (nSPS) is 12.3. The summed E-state index contributed by atoms with van der Waals surface area (Å²) in [6, 6.07) is 6.11. The van der Waals surface area contributed by atoms with Crippen LogP contribution in [0.3, 0.4) is 0 Å². The molecule has 2 aromatic heterocycles. The van der Waals surface area contributed by atoms with E-state index in [2.05, 4.69) is 20.3 Å². The van der Waals surface area contributed by atoms with E-state index in [9.17, 15) is 9.18 Å². The van der Waals surface area contributed by atoms with E-state index in [4.69, 9.17) is 4.74 Å². The van der Waals surface area contributed by atoms with Crippen molar-refractivity contribution in [1.82, 2.24) is 15.0 Å². The van der Waals surface area contributed by atoms with E-state index in [1.54, 1.807) is 32.2 Å². The molecule has 136 valence electrons. The molecule has 3 rings (SSSR count). The molecular weight excluding hydrogens is 335 g/mol. The monoisotopic (exact) mass is 356 g/mol. The third kappa shape index (κ3) is 3.72. The average molecular weight is 356 g/mol. The Balaban J connectivity index is 1.93. The van der Waals surface area contributed by atoms with Crippen LogP contribution in [0.1, 0.15) is 36.4 Å². The molecule has 0 aliphatic heterocycles. The van der Waals surface area contributed by atoms with Gasteiger partial charge in [-0.3, -0.25) is 4.79 Å². The van der Waals surface area contributed by atoms with Crippen molar-refractivity contribution in [2.45, 2.75) is 33.3 Å². The highest BCUT2D eigenvalue weighted by Crippen LogP contribution is 2.26. The van der Waals surface area contributed by atoms with Crippen LogP contribution in [-0.4, -0.2) is 27.5 Å². The van der Waals surface area contributed by atoms with E-state index in [-0.39, 0.29) is 11.7 Å². The Morgan fingerprint density at radius 3 is 2.85 bits per heavy atom. The lowest BCUT2D eigenvalue weighted by Gasteiger charge is -2.19. The summed E-state index contributed by atoms with van der Waals surface area (Å²) >= 11 is 0. The highest BCUT2D eigenvalue weighted by molar-refractivity contribution is 6.00. The van der Waals surface area contributed by atoms with Crippen molar-refractivity contribution in [1.29, 1.82) is 0 Å². The van der Waals surface area contributed by atoms with Crippen LogP contribution in [0, 0.1) is 19.7 Å². The summed E-state index contributed by atoms with van der Waals surface area (Å²) in [5.41, 5.74) is 1.94. The maximum atomic E-state index is 13.4. The van der Waals surface area contributed by atoms with Crippen molar-refractivity contribution in [2.75, 3.05) is 11.9 Å². The van der Waals surface area contributed by atoms with Crippen molar-refractivity contribution >= 4 is 22.8 Å². The minimum atomic E-state index is -0.847. The summed E-state index contributed by atoms with van der Waals surface area (Å²) in [4.78, 5) is 24.6. The molecule has 0 radical (unpaired) electrons. The summed E-state index contributed by atoms with van der Waals surface area (Å²) in [5, 5.41) is 3.55. The number of benzene rings is 1. The Morgan fingerprint density at radius 1 is 1.31 bits per heavy atom. The number of rotatable bonds is 6. The van der Waals surface area contributed by atoms with Crippen molar-refractivity contribution in [2.24, 2.45) is 0 Å². The Morgan fingerprint density at radius 2 is 2.12 bits per heavy atom. The second-order valence-corrected chi connectivity index (χ2v) is 6.10. The number of hydrogen-bond donors (Lipinski definition) is 2. The summed E-state index contributed by atoms with van der Waals surface area (Å²) in [5.74, 6) is 0.262. The highest BCUT2D eigenvalue weighted by atomic mass is 19.1. The molecule has 1 aromatic carbocycles. The van der Waals surface area contributed by atoms with Crippen LogP contribution in [0.4, 0.5) is 10.2 Å². The molecule has 6 nitrogen and oxygen atoms in total. The minimum Gasteiger partial charge on any atom is -0.364 e. The minimum absolute atomic E-state index is 0.346. The smallest absolute Gasteiger partial charge is 0.259 e. The first-order chi connectivity index (χ1) is 12.5. The van der Waals surface area contributed by atoms with Gasteiger partial charge in [0.15, 0.2) is 6.10 Å². The molecule has 0 aliphatic rings. The van der Waals surface area contributed by atoms with Gasteiger partial charge in [0, 0.05) is 12.8 Å². The second-order valence-electron chi connectivity index (χ2n) is 6.10. The number of amides is 1. The van der Waals surface area contributed by atoms with Gasteiger partial charge in [-0.15, -0.1) is 0 Å². The number of ether oxygens (including phenoxy) is 1. The average Bonchev–Trinajstić information content (AvgIpc) is 3.05. The highest BCUT2D eigenvalue weighted by Gasteiger charge is 2.24. The lowest BCUT2D eigenvalue weighted by atomic mass is 10.0. The van der Waals surface area contributed by atoms with Gasteiger partial charge in [0.05, 0.1) is 5.39 Å². The van der Waals surface area contributed by atoms with Crippen LogP contribution >= 0.6 is 0 Å². The van der Waals surface area contributed by atoms with E-state index in [0.717, 1.165) is 6.42 Å². The fourth-order valence-electron chi connectivity index (χ4n) is 2.81. The number of aromatic nitrogens is 3. The number of aromatic amines is 1. The fraction of sp³-hybridized carbons (Fsp3) is 0.316. The zero-order chi connectivity index (χ0) is 18.7. The lowest BCUT2D eigenvalue weighted by molar-refractivity contribution is -0.127. The standard InChI is InChI=1S/C19H21FN4O2/c1-4-9-26-16(14-6-5-13(20)10-11(14)2)19(25)24-18-15-7-8-21-17(15)22-12(3)23-18/h5-8,10,16H,4,9H2,1-3H3,(H2,21,22,23,24,25). The predicted molar refractivity (Wildman–Crippen MR) is 97.4 cm³/mol. The number of nitrogens with zero attached hydrogens (tertiary/aromatic N) is 2. The Kier molecular flexibility index (Phi) is 5.27. The van der Waals surface area contributed by atoms with E-state index in [1.165, 1.54) is 12.1 Å². The number of halogens is 1. The molecule has 0 fully saturated rings. The van der Waals surface area contributed by atoms with Crippen LogP contribution in [0.15, 0.2) is 30.5 Å². The molecular formula is C19H21FN4O2. The summed E-state index contributed by atoms with van der Waals surface area (Å²) in [6.45, 7) is 5.89. The van der Waals surface area contributed by atoms with Gasteiger partial charge in [-0.1, -0.05) is 13.0 Å². The zero-order valence-electron chi connectivity index (χ0n) is 15.0. The number of carbonyl (C=O) groups is 1. The van der Waals surface area contributed by atoms with Gasteiger partial charge in [0.25, 0.3) is 5.91 Å². The largest absolute Gasteiger partial charge is 0.364 e. The van der Waals surface area contributed by atoms with E-state index in [0.29, 0.717) is 40.4 Å². The number of fused-ring (bicyclic) bond motifs is 1. The molecule has 2 N–H and O–H groups in total. The van der Waals surface area contributed by atoms with Crippen molar-refractivity contribution in [3.8, 4) is 0 Å². The molecule has 0 aliphatic carbocycles. The first kappa shape index (κ1) is 18.0. The Bertz CT molecular complexity index is 938. The summed E-state index contributed by atoms with van der Waals surface area (Å²) < 4.78 is 19.2. The predicted octanol–water partition coefficient (Wildman–Crippen LogP) is 3.82. The number of aryl methyl sites for hydroxylation is 2. The molecule has 0 saturated carbocycles. The molecule has 0 spiro atoms. The molecule has 1 atom stereocenters. The van der Waals surface area contributed by atoms with E-state index in [1.807, 2.05) is 6.92 Å². The third-order valence-electron chi connectivity index (χ3n) is 4.01. The molecule has 26 heavy (non-hydrogen) atoms. The second kappa shape index (κ2) is 7.61. The van der Waals surface area contributed by atoms with Gasteiger partial charge >= 0.3 is 0 Å². The molecule has 7 heteroatoms. The molecule has 1 amide bonds. The molecule has 1 unspecified atom stereocenters. The van der Waals surface area contributed by atoms with Crippen LogP contribution in [0.2, 0.25) is 0 Å². The van der Waals surface area contributed by atoms with Gasteiger partial charge in [0.2, 0.25) is 0 Å². The van der Waals surface area contributed by atoms with Crippen molar-refractivity contribution < 1.29 is 13.9 Å². The van der Waals surface area contributed by atoms with Gasteiger partial charge in [-0.25, -0.2) is 14.4 Å². The molecule has 0 bridgehead atoms. The molecule has 0 saturated heterocycles. The first-order valence-electron chi connectivity index (χ1n) is 8.50. The van der Waals surface area contributed by atoms with Crippen LogP contribution in [-0.2, 0) is 9.53 Å². The van der Waals surface area contributed by atoms with E-state index < -0.39 is 6.10 Å². The van der Waals surface area contributed by atoms with Crippen LogP contribution in [0.25, 0.3) is 11.0 Å². The summed E-state index contributed by atoms with van der Waals surface area (Å²) in [6.07, 6.45) is 1.65. The maximum Gasteiger partial charge on any atom is 0.259 e. The molecule has 2 heterocycles. The number of hydrogen-bond acceptors (Lipinski definition) is 4. The van der Waals surface area contributed by atoms with Gasteiger partial charge in [-0.2, -0.15) is 0 Å². The number of nitrogens with one attached hydrogen (secondary N) is 2. The number of anilines is 1. The van der Waals surface area contributed by atoms with Crippen molar-refractivity contribution in [3.05, 3.63) is 53.2 Å². The van der Waals surface area contributed by atoms with Crippen molar-refractivity contribution in [3.63, 3.8) is 0 Å². The van der Waals surface area contributed by atoms with Gasteiger partial charge in [-0.05, 0) is 49.6 Å². The third-order valence-corrected chi connectivity index (χ3v) is 4.01.